The lowest BCUT2D eigenvalue weighted by molar-refractivity contribution is -0.131. The van der Waals surface area contributed by atoms with Gasteiger partial charge in [-0.25, -0.2) is 0 Å². The summed E-state index contributed by atoms with van der Waals surface area (Å²) in [6.45, 7) is 1.34. The number of hydrogen-bond acceptors (Lipinski definition) is 6. The minimum absolute atomic E-state index is 0.0392. The molecular formula is C20H20N4O3S. The standard InChI is InChI=1S/C20H20N4O3S/c1-12(25)27-15-9-7-13(8-10-15)11-16-17(21)24-20(22-18(16)26)28-19(23-24)14-5-3-2-4-6-14/h7-11,14,21H,2-6H2,1H3. The fraction of sp³-hybridized carbons (Fsp3) is 0.350. The molecule has 2 heterocycles. The number of nitrogens with one attached hydrogen (secondary N) is 1. The van der Waals surface area contributed by atoms with Crippen molar-refractivity contribution >= 4 is 45.8 Å². The molecule has 1 aromatic rings. The number of aliphatic imine (C=N–C) groups is 1. The molecule has 3 aliphatic rings. The van der Waals surface area contributed by atoms with Gasteiger partial charge in [-0.05, 0) is 48.4 Å². The number of fused-ring (bicyclic) bond motifs is 1. The molecule has 0 spiro atoms. The average Bonchev–Trinajstić information content (AvgIpc) is 3.11. The van der Waals surface area contributed by atoms with Crippen LogP contribution in [0.4, 0.5) is 0 Å². The van der Waals surface area contributed by atoms with E-state index in [1.165, 1.54) is 43.0 Å². The van der Waals surface area contributed by atoms with Gasteiger partial charge < -0.3 is 4.74 Å². The van der Waals surface area contributed by atoms with Crippen LogP contribution >= 0.6 is 11.8 Å². The number of esters is 1. The van der Waals surface area contributed by atoms with Crippen LogP contribution in [-0.4, -0.2) is 32.9 Å². The number of ether oxygens (including phenoxy) is 1. The highest BCUT2D eigenvalue weighted by molar-refractivity contribution is 8.27. The third kappa shape index (κ3) is 3.77. The molecule has 28 heavy (non-hydrogen) atoms. The molecule has 2 aliphatic heterocycles. The molecule has 1 aromatic carbocycles. The second kappa shape index (κ2) is 7.71. The average molecular weight is 396 g/mol. The number of thioether (sulfide) groups is 1. The number of amidine groups is 2. The normalized spacial score (nSPS) is 21.5. The van der Waals surface area contributed by atoms with Crippen molar-refractivity contribution in [3.05, 3.63) is 35.4 Å². The Kier molecular flexibility index (Phi) is 5.13. The van der Waals surface area contributed by atoms with E-state index in [1.807, 2.05) is 0 Å². The zero-order valence-electron chi connectivity index (χ0n) is 15.5. The first-order valence-electron chi connectivity index (χ1n) is 9.30. The molecule has 144 valence electrons. The van der Waals surface area contributed by atoms with E-state index in [4.69, 9.17) is 10.1 Å². The molecule has 1 fully saturated rings. The van der Waals surface area contributed by atoms with Gasteiger partial charge in [0.1, 0.15) is 10.8 Å². The largest absolute Gasteiger partial charge is 0.427 e. The van der Waals surface area contributed by atoms with Crippen LogP contribution in [0.3, 0.4) is 0 Å². The summed E-state index contributed by atoms with van der Waals surface area (Å²) in [5.41, 5.74) is 0.907. The second-order valence-corrected chi connectivity index (χ2v) is 7.94. The predicted molar refractivity (Wildman–Crippen MR) is 109 cm³/mol. The van der Waals surface area contributed by atoms with Gasteiger partial charge in [-0.1, -0.05) is 31.4 Å². The maximum Gasteiger partial charge on any atom is 0.308 e. The molecule has 4 rings (SSSR count). The summed E-state index contributed by atoms with van der Waals surface area (Å²) in [5.74, 6) is 0.0366. The molecule has 8 heteroatoms. The molecule has 0 radical (unpaired) electrons. The highest BCUT2D eigenvalue weighted by Gasteiger charge is 2.37. The number of carbonyl (C=O) groups is 2. The third-order valence-corrected chi connectivity index (χ3v) is 5.95. The Bertz CT molecular complexity index is 927. The van der Waals surface area contributed by atoms with Crippen LogP contribution in [0.25, 0.3) is 6.08 Å². The van der Waals surface area contributed by atoms with Crippen molar-refractivity contribution in [3.8, 4) is 5.75 Å². The van der Waals surface area contributed by atoms with Gasteiger partial charge >= 0.3 is 5.97 Å². The summed E-state index contributed by atoms with van der Waals surface area (Å²) in [5, 5.41) is 16.0. The van der Waals surface area contributed by atoms with Crippen LogP contribution in [-0.2, 0) is 9.59 Å². The maximum atomic E-state index is 12.5. The van der Waals surface area contributed by atoms with Gasteiger partial charge in [0.05, 0.1) is 5.57 Å². The van der Waals surface area contributed by atoms with Gasteiger partial charge in [0.25, 0.3) is 5.91 Å². The summed E-state index contributed by atoms with van der Waals surface area (Å²) < 4.78 is 5.01. The molecule has 0 atom stereocenters. The van der Waals surface area contributed by atoms with Gasteiger partial charge in [0.2, 0.25) is 5.17 Å². The number of rotatable bonds is 3. The number of nitrogens with zero attached hydrogens (tertiary/aromatic N) is 3. The van der Waals surface area contributed by atoms with Crippen molar-refractivity contribution in [1.82, 2.24) is 5.01 Å². The number of carbonyl (C=O) groups excluding carboxylic acids is 2. The van der Waals surface area contributed by atoms with E-state index < -0.39 is 11.9 Å². The molecule has 1 saturated carbocycles. The molecule has 7 nitrogen and oxygen atoms in total. The zero-order valence-corrected chi connectivity index (χ0v) is 16.3. The highest BCUT2D eigenvalue weighted by atomic mass is 32.2. The Labute approximate surface area is 167 Å². The Morgan fingerprint density at radius 2 is 1.96 bits per heavy atom. The van der Waals surface area contributed by atoms with E-state index in [-0.39, 0.29) is 11.4 Å². The monoisotopic (exact) mass is 396 g/mol. The minimum Gasteiger partial charge on any atom is -0.427 e. The van der Waals surface area contributed by atoms with Crippen LogP contribution in [0.2, 0.25) is 0 Å². The van der Waals surface area contributed by atoms with E-state index in [2.05, 4.69) is 10.1 Å². The molecule has 0 bridgehead atoms. The summed E-state index contributed by atoms with van der Waals surface area (Å²) in [4.78, 5) is 27.6. The SMILES string of the molecule is CC(=O)Oc1ccc(C=C2C(=N)N3N=C(C4CCCCC4)SC3=NC2=O)cc1. The smallest absolute Gasteiger partial charge is 0.308 e. The Balaban J connectivity index is 1.56. The van der Waals surface area contributed by atoms with Gasteiger partial charge in [-0.3, -0.25) is 15.0 Å². The second-order valence-electron chi connectivity index (χ2n) is 6.96. The van der Waals surface area contributed by atoms with E-state index >= 15 is 0 Å². The van der Waals surface area contributed by atoms with Crippen molar-refractivity contribution in [2.45, 2.75) is 39.0 Å². The fourth-order valence-corrected chi connectivity index (χ4v) is 4.55. The lowest BCUT2D eigenvalue weighted by Crippen LogP contribution is -2.35. The number of amides is 1. The summed E-state index contributed by atoms with van der Waals surface area (Å²) in [6, 6.07) is 6.73. The molecule has 1 amide bonds. The highest BCUT2D eigenvalue weighted by Crippen LogP contribution is 2.36. The number of hydrazone groups is 1. The predicted octanol–water partition coefficient (Wildman–Crippen LogP) is 3.81. The van der Waals surface area contributed by atoms with Crippen LogP contribution in [0, 0.1) is 11.3 Å². The van der Waals surface area contributed by atoms with Crippen molar-refractivity contribution in [1.29, 1.82) is 5.41 Å². The van der Waals surface area contributed by atoms with E-state index in [0.717, 1.165) is 17.9 Å². The van der Waals surface area contributed by atoms with Crippen molar-refractivity contribution < 1.29 is 14.3 Å². The Hall–Kier alpha value is -2.74. The Morgan fingerprint density at radius 1 is 1.25 bits per heavy atom. The Morgan fingerprint density at radius 3 is 2.64 bits per heavy atom. The third-order valence-electron chi connectivity index (χ3n) is 4.88. The molecule has 1 aliphatic carbocycles. The van der Waals surface area contributed by atoms with Gasteiger partial charge in [-0.15, -0.1) is 0 Å². The lowest BCUT2D eigenvalue weighted by atomic mass is 9.90. The quantitative estimate of drug-likeness (QED) is 0.476. The van der Waals surface area contributed by atoms with Crippen LogP contribution in [0.1, 0.15) is 44.6 Å². The van der Waals surface area contributed by atoms with Crippen molar-refractivity contribution in [2.75, 3.05) is 0 Å². The topological polar surface area (TPSA) is 95.2 Å². The van der Waals surface area contributed by atoms with Crippen LogP contribution in [0.15, 0.2) is 39.9 Å². The summed E-state index contributed by atoms with van der Waals surface area (Å²) in [7, 11) is 0. The lowest BCUT2D eigenvalue weighted by Gasteiger charge is -2.20. The fourth-order valence-electron chi connectivity index (χ4n) is 3.49. The van der Waals surface area contributed by atoms with E-state index in [9.17, 15) is 9.59 Å². The van der Waals surface area contributed by atoms with Crippen LogP contribution < -0.4 is 4.74 Å². The van der Waals surface area contributed by atoms with Gasteiger partial charge in [0, 0.05) is 12.8 Å². The van der Waals surface area contributed by atoms with Crippen LogP contribution in [0.5, 0.6) is 5.75 Å². The van der Waals surface area contributed by atoms with Crippen molar-refractivity contribution in [2.24, 2.45) is 16.0 Å². The zero-order chi connectivity index (χ0) is 19.7. The minimum atomic E-state index is -0.437. The number of hydrogen-bond donors (Lipinski definition) is 1. The first-order valence-corrected chi connectivity index (χ1v) is 10.1. The summed E-state index contributed by atoms with van der Waals surface area (Å²) in [6.07, 6.45) is 7.47. The summed E-state index contributed by atoms with van der Waals surface area (Å²) >= 11 is 1.41. The molecule has 0 unspecified atom stereocenters. The van der Waals surface area contributed by atoms with Gasteiger partial charge in [-0.2, -0.15) is 15.1 Å². The molecular weight excluding hydrogens is 376 g/mol. The molecule has 1 N–H and O–H groups in total. The van der Waals surface area contributed by atoms with E-state index in [0.29, 0.717) is 22.4 Å². The first-order chi connectivity index (χ1) is 13.5. The maximum absolute atomic E-state index is 12.5. The molecule has 0 saturated heterocycles. The van der Waals surface area contributed by atoms with Crippen molar-refractivity contribution in [3.63, 3.8) is 0 Å². The first kappa shape index (κ1) is 18.6. The number of benzene rings is 1. The molecule has 0 aromatic heterocycles. The van der Waals surface area contributed by atoms with E-state index in [1.54, 1.807) is 30.3 Å². The van der Waals surface area contributed by atoms with Gasteiger partial charge in [0.15, 0.2) is 5.84 Å².